The minimum atomic E-state index is -0.123. The Bertz CT molecular complexity index is 1220. The molecule has 0 N–H and O–H groups in total. The Morgan fingerprint density at radius 3 is 2.74 bits per heavy atom. The molecule has 0 bridgehead atoms. The molecule has 2 aromatic carbocycles. The number of fused-ring (bicyclic) bond motifs is 3. The second-order valence-electron chi connectivity index (χ2n) is 5.69. The molecule has 0 saturated carbocycles. The molecule has 2 heterocycles. The lowest BCUT2D eigenvalue weighted by Crippen LogP contribution is -2.21. The first kappa shape index (κ1) is 17.6. The van der Waals surface area contributed by atoms with E-state index in [0.717, 1.165) is 15.8 Å². The van der Waals surface area contributed by atoms with Gasteiger partial charge in [-0.25, -0.2) is 4.98 Å². The number of thioether (sulfide) groups is 1. The van der Waals surface area contributed by atoms with Crippen LogP contribution in [-0.2, 0) is 0 Å². The van der Waals surface area contributed by atoms with Gasteiger partial charge in [0.25, 0.3) is 5.56 Å². The van der Waals surface area contributed by atoms with E-state index in [4.69, 9.17) is 15.0 Å². The lowest BCUT2D eigenvalue weighted by molar-refractivity contribution is 0.340. The third-order valence-electron chi connectivity index (χ3n) is 4.05. The fraction of sp³-hybridized carbons (Fsp3) is 0.150. The highest BCUT2D eigenvalue weighted by Crippen LogP contribution is 2.32. The highest BCUT2D eigenvalue weighted by Gasteiger charge is 2.17. The van der Waals surface area contributed by atoms with Crippen molar-refractivity contribution in [1.82, 2.24) is 9.55 Å². The number of rotatable bonds is 5. The van der Waals surface area contributed by atoms with E-state index in [1.807, 2.05) is 55.5 Å². The van der Waals surface area contributed by atoms with Crippen LogP contribution in [0.15, 0.2) is 58.5 Å². The summed E-state index contributed by atoms with van der Waals surface area (Å²) in [6, 6.07) is 17.3. The zero-order valence-corrected chi connectivity index (χ0v) is 16.1. The molecule has 134 valence electrons. The van der Waals surface area contributed by atoms with E-state index in [-0.39, 0.29) is 11.3 Å². The molecule has 0 saturated heterocycles. The topological polar surface area (TPSA) is 67.9 Å². The van der Waals surface area contributed by atoms with Gasteiger partial charge in [0.15, 0.2) is 5.16 Å². The summed E-state index contributed by atoms with van der Waals surface area (Å²) in [7, 11) is 0. The summed E-state index contributed by atoms with van der Waals surface area (Å²) in [5, 5.41) is 11.0. The van der Waals surface area contributed by atoms with Crippen molar-refractivity contribution >= 4 is 43.4 Å². The average molecular weight is 393 g/mol. The van der Waals surface area contributed by atoms with Crippen molar-refractivity contribution in [2.75, 3.05) is 12.4 Å². The van der Waals surface area contributed by atoms with Gasteiger partial charge in [-0.2, -0.15) is 5.26 Å². The van der Waals surface area contributed by atoms with Crippen molar-refractivity contribution in [2.45, 2.75) is 12.1 Å². The predicted molar refractivity (Wildman–Crippen MR) is 110 cm³/mol. The van der Waals surface area contributed by atoms with E-state index in [9.17, 15) is 4.79 Å². The Labute approximate surface area is 163 Å². The van der Waals surface area contributed by atoms with Crippen molar-refractivity contribution < 1.29 is 4.74 Å². The SMILES string of the molecule is CCOc1ccc(-n2c(SCC#N)nc3sc4ccccc4c3c2=O)cc1. The number of benzene rings is 2. The van der Waals surface area contributed by atoms with Crippen molar-refractivity contribution in [3.05, 3.63) is 58.9 Å². The molecule has 27 heavy (non-hydrogen) atoms. The van der Waals surface area contributed by atoms with Crippen LogP contribution < -0.4 is 10.3 Å². The van der Waals surface area contributed by atoms with Gasteiger partial charge in [0, 0.05) is 10.1 Å². The normalized spacial score (nSPS) is 11.0. The second kappa shape index (κ2) is 7.43. The molecule has 0 unspecified atom stereocenters. The monoisotopic (exact) mass is 393 g/mol. The third kappa shape index (κ3) is 3.18. The first-order valence-electron chi connectivity index (χ1n) is 8.40. The van der Waals surface area contributed by atoms with Crippen molar-refractivity contribution in [3.63, 3.8) is 0 Å². The number of hydrogen-bond donors (Lipinski definition) is 0. The molecular weight excluding hydrogens is 378 g/mol. The number of nitriles is 1. The number of nitrogens with zero attached hydrogens (tertiary/aromatic N) is 3. The zero-order valence-electron chi connectivity index (χ0n) is 14.5. The molecule has 4 aromatic rings. The average Bonchev–Trinajstić information content (AvgIpc) is 3.06. The van der Waals surface area contributed by atoms with Crippen molar-refractivity contribution in [1.29, 1.82) is 5.26 Å². The maximum atomic E-state index is 13.4. The summed E-state index contributed by atoms with van der Waals surface area (Å²) < 4.78 is 8.10. The van der Waals surface area contributed by atoms with Crippen LogP contribution in [0.5, 0.6) is 5.75 Å². The highest BCUT2D eigenvalue weighted by molar-refractivity contribution is 7.99. The van der Waals surface area contributed by atoms with Gasteiger partial charge in [0.2, 0.25) is 0 Å². The molecule has 4 rings (SSSR count). The summed E-state index contributed by atoms with van der Waals surface area (Å²) in [4.78, 5) is 18.8. The molecule has 2 aromatic heterocycles. The third-order valence-corrected chi connectivity index (χ3v) is 5.92. The summed E-state index contributed by atoms with van der Waals surface area (Å²) in [6.07, 6.45) is 0. The van der Waals surface area contributed by atoms with Gasteiger partial charge < -0.3 is 4.74 Å². The minimum absolute atomic E-state index is 0.123. The Balaban J connectivity index is 1.98. The van der Waals surface area contributed by atoms with Gasteiger partial charge in [-0.3, -0.25) is 9.36 Å². The van der Waals surface area contributed by atoms with Gasteiger partial charge in [0.05, 0.1) is 29.5 Å². The minimum Gasteiger partial charge on any atom is -0.494 e. The predicted octanol–water partition coefficient (Wildman–Crippen LogP) is 4.61. The quantitative estimate of drug-likeness (QED) is 0.366. The molecule has 0 aliphatic rings. The smallest absolute Gasteiger partial charge is 0.268 e. The maximum Gasteiger partial charge on any atom is 0.268 e. The van der Waals surface area contributed by atoms with Crippen LogP contribution in [0.3, 0.4) is 0 Å². The van der Waals surface area contributed by atoms with E-state index >= 15 is 0 Å². The number of aromatic nitrogens is 2. The van der Waals surface area contributed by atoms with E-state index < -0.39 is 0 Å². The summed E-state index contributed by atoms with van der Waals surface area (Å²) in [5.74, 6) is 0.968. The van der Waals surface area contributed by atoms with E-state index in [0.29, 0.717) is 27.7 Å². The largest absolute Gasteiger partial charge is 0.494 e. The van der Waals surface area contributed by atoms with Gasteiger partial charge in [0.1, 0.15) is 10.6 Å². The molecule has 0 atom stereocenters. The standard InChI is InChI=1S/C20H15N3O2S2/c1-2-25-14-9-7-13(8-10-14)23-19(24)17-15-5-3-4-6-16(15)27-18(17)22-20(23)26-12-11-21/h3-10H,2,12H2,1H3. The van der Waals surface area contributed by atoms with Gasteiger partial charge in [-0.15, -0.1) is 11.3 Å². The fourth-order valence-corrected chi connectivity index (χ4v) is 4.72. The van der Waals surface area contributed by atoms with Crippen LogP contribution >= 0.6 is 23.1 Å². The van der Waals surface area contributed by atoms with Crippen LogP contribution in [0.1, 0.15) is 6.92 Å². The maximum absolute atomic E-state index is 13.4. The number of thiophene rings is 1. The van der Waals surface area contributed by atoms with Crippen molar-refractivity contribution in [2.24, 2.45) is 0 Å². The Kier molecular flexibility index (Phi) is 4.84. The van der Waals surface area contributed by atoms with Crippen LogP contribution in [0.2, 0.25) is 0 Å². The number of hydrogen-bond acceptors (Lipinski definition) is 6. The molecule has 0 amide bonds. The summed E-state index contributed by atoms with van der Waals surface area (Å²) >= 11 is 2.76. The van der Waals surface area contributed by atoms with Gasteiger partial charge in [-0.1, -0.05) is 30.0 Å². The first-order valence-corrected chi connectivity index (χ1v) is 10.2. The first-order chi connectivity index (χ1) is 13.2. The highest BCUT2D eigenvalue weighted by atomic mass is 32.2. The summed E-state index contributed by atoms with van der Waals surface area (Å²) in [6.45, 7) is 2.51. The van der Waals surface area contributed by atoms with Crippen molar-refractivity contribution in [3.8, 4) is 17.5 Å². The van der Waals surface area contributed by atoms with E-state index in [2.05, 4.69) is 6.07 Å². The molecule has 0 aliphatic heterocycles. The molecule has 5 nitrogen and oxygen atoms in total. The Hall–Kier alpha value is -2.82. The Morgan fingerprint density at radius 1 is 1.22 bits per heavy atom. The van der Waals surface area contributed by atoms with Crippen LogP contribution in [0.25, 0.3) is 26.0 Å². The lowest BCUT2D eigenvalue weighted by atomic mass is 10.2. The van der Waals surface area contributed by atoms with Crippen LogP contribution in [-0.4, -0.2) is 21.9 Å². The molecule has 7 heteroatoms. The molecule has 0 spiro atoms. The number of ether oxygens (including phenoxy) is 1. The molecular formula is C20H15N3O2S2. The van der Waals surface area contributed by atoms with Gasteiger partial charge >= 0.3 is 0 Å². The van der Waals surface area contributed by atoms with Crippen LogP contribution in [0.4, 0.5) is 0 Å². The molecule has 0 fully saturated rings. The summed E-state index contributed by atoms with van der Waals surface area (Å²) in [5.41, 5.74) is 0.579. The Morgan fingerprint density at radius 2 is 2.00 bits per heavy atom. The van der Waals surface area contributed by atoms with Crippen LogP contribution in [0, 0.1) is 11.3 Å². The molecule has 0 aliphatic carbocycles. The lowest BCUT2D eigenvalue weighted by Gasteiger charge is -2.12. The fourth-order valence-electron chi connectivity index (χ4n) is 2.93. The zero-order chi connectivity index (χ0) is 18.8. The van der Waals surface area contributed by atoms with E-state index in [1.54, 1.807) is 4.57 Å². The van der Waals surface area contributed by atoms with Gasteiger partial charge in [-0.05, 0) is 37.3 Å². The second-order valence-corrected chi connectivity index (χ2v) is 7.66. The van der Waals surface area contributed by atoms with E-state index in [1.165, 1.54) is 23.1 Å². The molecule has 0 radical (unpaired) electrons.